The Morgan fingerprint density at radius 1 is 0.889 bits per heavy atom. The number of hydrogen-bond acceptors (Lipinski definition) is 6. The molecule has 12 heteroatoms. The molecule has 2 fully saturated rings. The van der Waals surface area contributed by atoms with Crippen LogP contribution in [-0.4, -0.2) is 47.0 Å². The number of benzene rings is 2. The zero-order chi connectivity index (χ0) is 26.0. The molecule has 9 nitrogen and oxygen atoms in total. The fourth-order valence-corrected chi connectivity index (χ4v) is 5.00. The van der Waals surface area contributed by atoms with Crippen molar-refractivity contribution in [1.82, 2.24) is 10.9 Å². The van der Waals surface area contributed by atoms with Crippen LogP contribution in [0.5, 0.6) is 0 Å². The quantitative estimate of drug-likeness (QED) is 0.254. The second-order valence-corrected chi connectivity index (χ2v) is 9.86. The number of ether oxygens (including phenoxy) is 1. The van der Waals surface area contributed by atoms with Crippen LogP contribution < -0.4 is 15.8 Å². The molecule has 1 saturated heterocycles. The average Bonchev–Trinajstić information content (AvgIpc) is 3.10. The predicted molar refractivity (Wildman–Crippen MR) is 132 cm³/mol. The molecule has 4 rings (SSSR count). The number of imide groups is 1. The van der Waals surface area contributed by atoms with Crippen LogP contribution in [0.2, 0.25) is 5.02 Å². The van der Waals surface area contributed by atoms with Gasteiger partial charge in [0.15, 0.2) is 6.61 Å². The van der Waals surface area contributed by atoms with Crippen LogP contribution in [0.3, 0.4) is 0 Å². The number of carbonyl (C=O) groups is 5. The molecule has 0 spiro atoms. The van der Waals surface area contributed by atoms with Gasteiger partial charge in [0.2, 0.25) is 11.8 Å². The molecule has 36 heavy (non-hydrogen) atoms. The Bertz CT molecular complexity index is 1190. The minimum absolute atomic E-state index is 0.102. The van der Waals surface area contributed by atoms with Gasteiger partial charge in [0, 0.05) is 0 Å². The van der Waals surface area contributed by atoms with Crippen LogP contribution in [0.1, 0.15) is 33.6 Å². The highest BCUT2D eigenvalue weighted by molar-refractivity contribution is 6.34. The van der Waals surface area contributed by atoms with Gasteiger partial charge >= 0.3 is 5.97 Å². The number of halogens is 3. The number of alkyl halides is 2. The van der Waals surface area contributed by atoms with Crippen molar-refractivity contribution >= 4 is 70.1 Å². The summed E-state index contributed by atoms with van der Waals surface area (Å²) < 4.78 is 4.95. The molecule has 1 aliphatic carbocycles. The second-order valence-electron chi connectivity index (χ2n) is 8.33. The maximum Gasteiger partial charge on any atom is 0.338 e. The zero-order valence-corrected chi connectivity index (χ0v) is 20.8. The number of carbonyl (C=O) groups excluding carboxylic acids is 5. The summed E-state index contributed by atoms with van der Waals surface area (Å²) in [5, 5.41) is -0.562. The Morgan fingerprint density at radius 3 is 2.06 bits per heavy atom. The van der Waals surface area contributed by atoms with Gasteiger partial charge < -0.3 is 4.74 Å². The number of esters is 1. The first-order chi connectivity index (χ1) is 17.2. The lowest BCUT2D eigenvalue weighted by Gasteiger charge is -2.28. The van der Waals surface area contributed by atoms with E-state index in [1.165, 1.54) is 36.4 Å². The standard InChI is InChI=1S/C24H20Cl3N3O6/c25-17-4-2-1-3-14(17)21(32)29-28-20(31)11-36-24(35)12-5-7-13(8-6-12)30-22(33)15-9-18(26)19(27)10-16(15)23(30)34/h1-8,15-16,18-19H,9-11H2,(H,28,31)(H,29,32)/t15-,16-,18-,19+/m1/s1. The van der Waals surface area contributed by atoms with Gasteiger partial charge in [-0.25, -0.2) is 4.79 Å². The van der Waals surface area contributed by atoms with Gasteiger partial charge in [0.1, 0.15) is 0 Å². The molecule has 0 radical (unpaired) electrons. The van der Waals surface area contributed by atoms with E-state index in [1.807, 2.05) is 0 Å². The third-order valence-corrected chi connectivity index (χ3v) is 7.46. The molecule has 0 unspecified atom stereocenters. The SMILES string of the molecule is O=C(COC(=O)c1ccc(N2C(=O)[C@@H]3C[C@@H](Cl)[C@@H](Cl)C[C@H]3C2=O)cc1)NNC(=O)c1ccccc1Cl. The van der Waals surface area contributed by atoms with Crippen molar-refractivity contribution in [2.24, 2.45) is 11.8 Å². The number of anilines is 1. The normalized spacial score (nSPS) is 23.1. The summed E-state index contributed by atoms with van der Waals surface area (Å²) in [7, 11) is 0. The van der Waals surface area contributed by atoms with E-state index >= 15 is 0 Å². The first-order valence-corrected chi connectivity index (χ1v) is 12.2. The highest BCUT2D eigenvalue weighted by Gasteiger charge is 2.52. The van der Waals surface area contributed by atoms with E-state index in [4.69, 9.17) is 39.5 Å². The number of hydrogen-bond donors (Lipinski definition) is 2. The van der Waals surface area contributed by atoms with Crippen LogP contribution in [0.25, 0.3) is 0 Å². The van der Waals surface area contributed by atoms with Crippen molar-refractivity contribution in [2.75, 3.05) is 11.5 Å². The minimum Gasteiger partial charge on any atom is -0.452 e. The molecule has 2 aliphatic rings. The summed E-state index contributed by atoms with van der Waals surface area (Å²) >= 11 is 18.3. The summed E-state index contributed by atoms with van der Waals surface area (Å²) in [5.74, 6) is -3.93. The van der Waals surface area contributed by atoms with Gasteiger partial charge in [-0.2, -0.15) is 0 Å². The van der Waals surface area contributed by atoms with Crippen molar-refractivity contribution < 1.29 is 28.7 Å². The van der Waals surface area contributed by atoms with Crippen molar-refractivity contribution in [2.45, 2.75) is 23.6 Å². The molecule has 4 atom stereocenters. The van der Waals surface area contributed by atoms with Gasteiger partial charge in [-0.15, -0.1) is 23.2 Å². The van der Waals surface area contributed by atoms with Crippen LogP contribution >= 0.6 is 34.8 Å². The number of amides is 4. The molecular formula is C24H20Cl3N3O6. The second kappa shape index (κ2) is 10.9. The van der Waals surface area contributed by atoms with Gasteiger partial charge in [-0.3, -0.25) is 34.9 Å². The Labute approximate surface area is 221 Å². The first kappa shape index (κ1) is 25.9. The van der Waals surface area contributed by atoms with Crippen molar-refractivity contribution in [3.63, 3.8) is 0 Å². The number of nitrogens with zero attached hydrogens (tertiary/aromatic N) is 1. The maximum atomic E-state index is 12.8. The Hall–Kier alpha value is -3.14. The Kier molecular flexibility index (Phi) is 7.82. The van der Waals surface area contributed by atoms with E-state index in [9.17, 15) is 24.0 Å². The molecule has 0 aromatic heterocycles. The van der Waals surface area contributed by atoms with Crippen LogP contribution in [0.4, 0.5) is 5.69 Å². The highest BCUT2D eigenvalue weighted by atomic mass is 35.5. The molecule has 1 saturated carbocycles. The summed E-state index contributed by atoms with van der Waals surface area (Å²) in [6.45, 7) is -0.658. The third-order valence-electron chi connectivity index (χ3n) is 6.04. The van der Waals surface area contributed by atoms with Crippen molar-refractivity contribution in [3.05, 3.63) is 64.7 Å². The lowest BCUT2D eigenvalue weighted by Crippen LogP contribution is -2.43. The number of hydrazine groups is 1. The molecule has 2 aromatic carbocycles. The zero-order valence-electron chi connectivity index (χ0n) is 18.6. The van der Waals surface area contributed by atoms with E-state index in [2.05, 4.69) is 10.9 Å². The first-order valence-electron chi connectivity index (χ1n) is 10.9. The largest absolute Gasteiger partial charge is 0.452 e. The maximum absolute atomic E-state index is 12.8. The van der Waals surface area contributed by atoms with Crippen LogP contribution in [0, 0.1) is 11.8 Å². The van der Waals surface area contributed by atoms with E-state index in [0.29, 0.717) is 18.5 Å². The third kappa shape index (κ3) is 5.33. The van der Waals surface area contributed by atoms with Gasteiger partial charge in [0.05, 0.1) is 44.4 Å². The smallest absolute Gasteiger partial charge is 0.338 e. The van der Waals surface area contributed by atoms with Gasteiger partial charge in [-0.1, -0.05) is 23.7 Å². The Balaban J connectivity index is 1.30. The lowest BCUT2D eigenvalue weighted by atomic mass is 9.80. The fourth-order valence-electron chi connectivity index (χ4n) is 4.19. The number of nitrogens with one attached hydrogen (secondary N) is 2. The summed E-state index contributed by atoms with van der Waals surface area (Å²) in [6.07, 6.45) is 0.652. The van der Waals surface area contributed by atoms with Gasteiger partial charge in [0.25, 0.3) is 11.8 Å². The minimum atomic E-state index is -0.808. The van der Waals surface area contributed by atoms with Gasteiger partial charge in [-0.05, 0) is 49.2 Å². The highest BCUT2D eigenvalue weighted by Crippen LogP contribution is 2.43. The van der Waals surface area contributed by atoms with Crippen LogP contribution in [-0.2, 0) is 19.1 Å². The Morgan fingerprint density at radius 2 is 1.47 bits per heavy atom. The molecule has 188 valence electrons. The number of rotatable bonds is 5. The molecule has 1 heterocycles. The van der Waals surface area contributed by atoms with Crippen molar-refractivity contribution in [3.8, 4) is 0 Å². The summed E-state index contributed by atoms with van der Waals surface area (Å²) in [6, 6.07) is 11.9. The molecular weight excluding hydrogens is 533 g/mol. The molecule has 0 bridgehead atoms. The molecule has 2 N–H and O–H groups in total. The van der Waals surface area contributed by atoms with E-state index < -0.39 is 36.2 Å². The average molecular weight is 553 g/mol. The van der Waals surface area contributed by atoms with E-state index in [-0.39, 0.29) is 38.7 Å². The van der Waals surface area contributed by atoms with E-state index in [0.717, 1.165) is 4.90 Å². The number of fused-ring (bicyclic) bond motifs is 1. The molecule has 1 aliphatic heterocycles. The van der Waals surface area contributed by atoms with Crippen LogP contribution in [0.15, 0.2) is 48.5 Å². The fraction of sp³-hybridized carbons (Fsp3) is 0.292. The predicted octanol–water partition coefficient (Wildman–Crippen LogP) is 3.07. The topological polar surface area (TPSA) is 122 Å². The lowest BCUT2D eigenvalue weighted by molar-refractivity contribution is -0.125. The van der Waals surface area contributed by atoms with Crippen molar-refractivity contribution in [1.29, 1.82) is 0 Å². The van der Waals surface area contributed by atoms with E-state index in [1.54, 1.807) is 12.1 Å². The monoisotopic (exact) mass is 551 g/mol. The molecule has 2 aromatic rings. The molecule has 4 amide bonds. The summed E-state index contributed by atoms with van der Waals surface area (Å²) in [4.78, 5) is 63.1. The summed E-state index contributed by atoms with van der Waals surface area (Å²) in [5.41, 5.74) is 4.88.